The van der Waals surface area contributed by atoms with E-state index >= 15 is 0 Å². The highest BCUT2D eigenvalue weighted by atomic mass is 32.2. The van der Waals surface area contributed by atoms with Gasteiger partial charge in [0.05, 0.1) is 10.5 Å². The Morgan fingerprint density at radius 3 is 2.33 bits per heavy atom. The van der Waals surface area contributed by atoms with E-state index in [0.717, 1.165) is 31.2 Å². The average molecular weight is 389 g/mol. The first-order valence-corrected chi connectivity index (χ1v) is 10.4. The molecule has 0 bridgehead atoms. The molecule has 0 unspecified atom stereocenters. The molecule has 1 fully saturated rings. The summed E-state index contributed by atoms with van der Waals surface area (Å²) < 4.78 is 22.5. The third-order valence-corrected chi connectivity index (χ3v) is 5.48. The summed E-state index contributed by atoms with van der Waals surface area (Å²) in [5.41, 5.74) is 1.41. The highest BCUT2D eigenvalue weighted by Gasteiger charge is 2.18. The van der Waals surface area contributed by atoms with Gasteiger partial charge in [-0.25, -0.2) is 23.5 Å². The fourth-order valence-corrected chi connectivity index (χ4v) is 3.56. The van der Waals surface area contributed by atoms with Crippen molar-refractivity contribution in [3.63, 3.8) is 0 Å². The minimum Gasteiger partial charge on any atom is -0.354 e. The number of anilines is 1. The van der Waals surface area contributed by atoms with Crippen molar-refractivity contribution in [1.29, 1.82) is 0 Å². The zero-order chi connectivity index (χ0) is 19.3. The molecule has 1 aliphatic rings. The maximum Gasteiger partial charge on any atom is 0.254 e. The highest BCUT2D eigenvalue weighted by Crippen LogP contribution is 2.18. The number of carbonyl (C=O) groups is 1. The molecule has 1 heterocycles. The number of rotatable bonds is 7. The van der Waals surface area contributed by atoms with E-state index in [1.807, 2.05) is 0 Å². The fraction of sp³-hybridized carbons (Fsp3) is 0.389. The Morgan fingerprint density at radius 1 is 1.11 bits per heavy atom. The van der Waals surface area contributed by atoms with Crippen LogP contribution >= 0.6 is 0 Å². The lowest BCUT2D eigenvalue weighted by Crippen LogP contribution is -2.32. The summed E-state index contributed by atoms with van der Waals surface area (Å²) >= 11 is 0. The van der Waals surface area contributed by atoms with Crippen molar-refractivity contribution in [3.05, 3.63) is 47.8 Å². The monoisotopic (exact) mass is 389 g/mol. The summed E-state index contributed by atoms with van der Waals surface area (Å²) in [5.74, 6) is 0.303. The van der Waals surface area contributed by atoms with Crippen molar-refractivity contribution < 1.29 is 13.2 Å². The molecule has 1 aliphatic carbocycles. The second-order valence-corrected chi connectivity index (χ2v) is 8.18. The minimum absolute atomic E-state index is 0.0917. The van der Waals surface area contributed by atoms with Gasteiger partial charge in [0, 0.05) is 25.0 Å². The molecule has 1 aromatic heterocycles. The molecule has 144 valence electrons. The average Bonchev–Trinajstić information content (AvgIpc) is 3.15. The lowest BCUT2D eigenvalue weighted by molar-refractivity contribution is 0.0937. The number of hydrogen-bond donors (Lipinski definition) is 3. The SMILES string of the molecule is NS(=O)(=O)c1ccc(CCNc2ncc(C(=O)NC3CCCC3)cn2)cc1. The number of sulfonamides is 1. The van der Waals surface area contributed by atoms with Crippen LogP contribution in [-0.4, -0.2) is 36.9 Å². The Kier molecular flexibility index (Phi) is 6.02. The second-order valence-electron chi connectivity index (χ2n) is 6.62. The molecule has 0 saturated heterocycles. The molecule has 2 aromatic rings. The van der Waals surface area contributed by atoms with Crippen molar-refractivity contribution in [1.82, 2.24) is 15.3 Å². The normalized spacial score (nSPS) is 14.9. The van der Waals surface area contributed by atoms with Gasteiger partial charge in [0.25, 0.3) is 5.91 Å². The molecular weight excluding hydrogens is 366 g/mol. The number of benzene rings is 1. The topological polar surface area (TPSA) is 127 Å². The summed E-state index contributed by atoms with van der Waals surface area (Å²) in [6.07, 6.45) is 8.08. The van der Waals surface area contributed by atoms with Crippen LogP contribution in [0.15, 0.2) is 41.6 Å². The molecule has 3 rings (SSSR count). The maximum absolute atomic E-state index is 12.1. The van der Waals surface area contributed by atoms with E-state index in [1.54, 1.807) is 12.1 Å². The Hall–Kier alpha value is -2.52. The molecule has 0 spiro atoms. The Morgan fingerprint density at radius 2 is 1.74 bits per heavy atom. The number of nitrogens with zero attached hydrogens (tertiary/aromatic N) is 2. The largest absolute Gasteiger partial charge is 0.354 e. The van der Waals surface area contributed by atoms with Crippen molar-refractivity contribution >= 4 is 21.9 Å². The third kappa shape index (κ3) is 5.48. The zero-order valence-electron chi connectivity index (χ0n) is 14.9. The van der Waals surface area contributed by atoms with Crippen LogP contribution in [0.2, 0.25) is 0 Å². The third-order valence-electron chi connectivity index (χ3n) is 4.55. The van der Waals surface area contributed by atoms with Crippen LogP contribution in [0.5, 0.6) is 0 Å². The summed E-state index contributed by atoms with van der Waals surface area (Å²) in [6.45, 7) is 0.572. The molecular formula is C18H23N5O3S. The van der Waals surface area contributed by atoms with Crippen LogP contribution in [-0.2, 0) is 16.4 Å². The van der Waals surface area contributed by atoms with Gasteiger partial charge < -0.3 is 10.6 Å². The molecule has 0 atom stereocenters. The molecule has 4 N–H and O–H groups in total. The summed E-state index contributed by atoms with van der Waals surface area (Å²) in [7, 11) is -3.67. The van der Waals surface area contributed by atoms with Gasteiger partial charge in [0.1, 0.15) is 0 Å². The van der Waals surface area contributed by atoms with Crippen molar-refractivity contribution in [2.75, 3.05) is 11.9 Å². The van der Waals surface area contributed by atoms with Crippen molar-refractivity contribution in [2.24, 2.45) is 5.14 Å². The van der Waals surface area contributed by atoms with Crippen molar-refractivity contribution in [2.45, 2.75) is 43.0 Å². The van der Waals surface area contributed by atoms with Crippen LogP contribution < -0.4 is 15.8 Å². The van der Waals surface area contributed by atoms with E-state index in [-0.39, 0.29) is 16.8 Å². The lowest BCUT2D eigenvalue weighted by Gasteiger charge is -2.11. The predicted octanol–water partition coefficient (Wildman–Crippen LogP) is 1.45. The molecule has 0 radical (unpaired) electrons. The van der Waals surface area contributed by atoms with Crippen LogP contribution in [0, 0.1) is 0 Å². The molecule has 1 amide bonds. The van der Waals surface area contributed by atoms with Gasteiger partial charge in [0.2, 0.25) is 16.0 Å². The second kappa shape index (κ2) is 8.45. The van der Waals surface area contributed by atoms with E-state index in [9.17, 15) is 13.2 Å². The Balaban J connectivity index is 1.47. The number of aromatic nitrogens is 2. The number of carbonyl (C=O) groups excluding carboxylic acids is 1. The van der Waals surface area contributed by atoms with Gasteiger partial charge >= 0.3 is 0 Å². The summed E-state index contributed by atoms with van der Waals surface area (Å²) in [4.78, 5) is 20.6. The van der Waals surface area contributed by atoms with E-state index in [1.165, 1.54) is 24.5 Å². The van der Waals surface area contributed by atoms with E-state index in [0.29, 0.717) is 24.5 Å². The first kappa shape index (κ1) is 19.2. The van der Waals surface area contributed by atoms with Crippen molar-refractivity contribution in [3.8, 4) is 0 Å². The quantitative estimate of drug-likeness (QED) is 0.658. The lowest BCUT2D eigenvalue weighted by atomic mass is 10.1. The number of hydrogen-bond acceptors (Lipinski definition) is 6. The van der Waals surface area contributed by atoms with E-state index in [4.69, 9.17) is 5.14 Å². The molecule has 1 aromatic carbocycles. The van der Waals surface area contributed by atoms with Gasteiger partial charge in [-0.05, 0) is 37.0 Å². The minimum atomic E-state index is -3.67. The summed E-state index contributed by atoms with van der Waals surface area (Å²) in [5, 5.41) is 11.2. The fourth-order valence-electron chi connectivity index (χ4n) is 3.04. The number of amides is 1. The molecule has 8 nitrogen and oxygen atoms in total. The molecule has 0 aliphatic heterocycles. The Bertz CT molecular complexity index is 876. The smallest absolute Gasteiger partial charge is 0.254 e. The van der Waals surface area contributed by atoms with Gasteiger partial charge in [0.15, 0.2) is 0 Å². The number of nitrogens with one attached hydrogen (secondary N) is 2. The van der Waals surface area contributed by atoms with Crippen LogP contribution in [0.1, 0.15) is 41.6 Å². The highest BCUT2D eigenvalue weighted by molar-refractivity contribution is 7.89. The zero-order valence-corrected chi connectivity index (χ0v) is 15.7. The van der Waals surface area contributed by atoms with Gasteiger partial charge in [-0.3, -0.25) is 4.79 Å². The van der Waals surface area contributed by atoms with Gasteiger partial charge in [-0.15, -0.1) is 0 Å². The standard InChI is InChI=1S/C18H23N5O3S/c19-27(25,26)16-7-5-13(6-8-16)9-10-20-18-21-11-14(12-22-18)17(24)23-15-3-1-2-4-15/h5-8,11-12,15H,1-4,9-10H2,(H,23,24)(H2,19,25,26)(H,20,21,22). The van der Waals surface area contributed by atoms with Crippen LogP contribution in [0.25, 0.3) is 0 Å². The number of primary sulfonamides is 1. The summed E-state index contributed by atoms with van der Waals surface area (Å²) in [6, 6.07) is 6.67. The first-order chi connectivity index (χ1) is 12.9. The predicted molar refractivity (Wildman–Crippen MR) is 102 cm³/mol. The van der Waals surface area contributed by atoms with Crippen LogP contribution in [0.3, 0.4) is 0 Å². The van der Waals surface area contributed by atoms with Crippen LogP contribution in [0.4, 0.5) is 5.95 Å². The van der Waals surface area contributed by atoms with Gasteiger partial charge in [-0.2, -0.15) is 0 Å². The molecule has 9 heteroatoms. The van der Waals surface area contributed by atoms with E-state index in [2.05, 4.69) is 20.6 Å². The Labute approximate surface area is 158 Å². The maximum atomic E-state index is 12.1. The van der Waals surface area contributed by atoms with Gasteiger partial charge in [-0.1, -0.05) is 25.0 Å². The van der Waals surface area contributed by atoms with E-state index < -0.39 is 10.0 Å². The molecule has 1 saturated carbocycles. The molecule has 27 heavy (non-hydrogen) atoms. The first-order valence-electron chi connectivity index (χ1n) is 8.90. The number of nitrogens with two attached hydrogens (primary N) is 1.